The Morgan fingerprint density at radius 2 is 1.77 bits per heavy atom. The predicted octanol–water partition coefficient (Wildman–Crippen LogP) is 4.35. The van der Waals surface area contributed by atoms with Crippen molar-refractivity contribution in [3.63, 3.8) is 0 Å². The Morgan fingerprint density at radius 3 is 2.33 bits per heavy atom. The van der Waals surface area contributed by atoms with Crippen LogP contribution in [0.2, 0.25) is 10.0 Å². The van der Waals surface area contributed by atoms with Crippen LogP contribution in [0.25, 0.3) is 0 Å². The molecule has 0 saturated carbocycles. The number of phenols is 1. The second-order valence-electron chi connectivity index (χ2n) is 6.62. The number of carbonyl (C=O) groups excluding carboxylic acids is 1. The van der Waals surface area contributed by atoms with E-state index in [9.17, 15) is 15.0 Å². The van der Waals surface area contributed by atoms with Crippen LogP contribution in [0.5, 0.6) is 5.75 Å². The van der Waals surface area contributed by atoms with Gasteiger partial charge in [0.15, 0.2) is 0 Å². The normalized spacial score (nSPS) is 12.6. The summed E-state index contributed by atoms with van der Waals surface area (Å²) < 4.78 is 4.87. The van der Waals surface area contributed by atoms with E-state index in [1.807, 2.05) is 6.92 Å². The molecule has 0 aliphatic rings. The van der Waals surface area contributed by atoms with E-state index in [-0.39, 0.29) is 36.7 Å². The van der Waals surface area contributed by atoms with E-state index in [1.54, 1.807) is 43.3 Å². The van der Waals surface area contributed by atoms with Crippen molar-refractivity contribution in [1.29, 1.82) is 0 Å². The van der Waals surface area contributed by atoms with Crippen molar-refractivity contribution in [1.82, 2.24) is 5.32 Å². The Bertz CT molecular complexity index is 795. The van der Waals surface area contributed by atoms with Crippen molar-refractivity contribution >= 4 is 47.3 Å². The molecule has 2 rings (SSSR count). The van der Waals surface area contributed by atoms with Crippen molar-refractivity contribution in [2.45, 2.75) is 32.4 Å². The smallest absolute Gasteiger partial charge is 0.325 e. The van der Waals surface area contributed by atoms with E-state index < -0.39 is 6.10 Å². The molecule has 0 heterocycles. The summed E-state index contributed by atoms with van der Waals surface area (Å²) >= 11 is 12.6. The van der Waals surface area contributed by atoms with Gasteiger partial charge in [-0.3, -0.25) is 4.79 Å². The number of benzene rings is 2. The standard InChI is InChI=1S/C21H26Cl2N2O4.ClH/c1-3-29-19(27)12-25-20-17(22)10-14(11-18(20)23)8-9-24-13(2)21(28)15-4-6-16(26)7-5-15;/h4-7,10-11,13,21,24-26,28H,3,8-9,12H2,1-2H3;1H/t13-,21-;/m0./s1. The summed E-state index contributed by atoms with van der Waals surface area (Å²) in [5.41, 5.74) is 2.15. The van der Waals surface area contributed by atoms with Gasteiger partial charge < -0.3 is 25.6 Å². The number of anilines is 1. The minimum atomic E-state index is -0.697. The molecule has 0 bridgehead atoms. The van der Waals surface area contributed by atoms with Gasteiger partial charge in [0.25, 0.3) is 0 Å². The molecule has 0 spiro atoms. The van der Waals surface area contributed by atoms with Gasteiger partial charge in [0.05, 0.1) is 28.4 Å². The van der Waals surface area contributed by atoms with Gasteiger partial charge >= 0.3 is 5.97 Å². The summed E-state index contributed by atoms with van der Waals surface area (Å²) in [6.45, 7) is 4.54. The van der Waals surface area contributed by atoms with Crippen molar-refractivity contribution in [2.75, 3.05) is 25.0 Å². The molecule has 0 saturated heterocycles. The van der Waals surface area contributed by atoms with Crippen LogP contribution in [0.4, 0.5) is 5.69 Å². The van der Waals surface area contributed by atoms with Crippen LogP contribution >= 0.6 is 35.6 Å². The van der Waals surface area contributed by atoms with Crippen LogP contribution in [0.3, 0.4) is 0 Å². The van der Waals surface area contributed by atoms with Crippen molar-refractivity contribution in [2.24, 2.45) is 0 Å². The first-order valence-electron chi connectivity index (χ1n) is 9.39. The van der Waals surface area contributed by atoms with Gasteiger partial charge in [-0.25, -0.2) is 0 Å². The molecule has 30 heavy (non-hydrogen) atoms. The van der Waals surface area contributed by atoms with Crippen LogP contribution in [-0.2, 0) is 16.0 Å². The van der Waals surface area contributed by atoms with Gasteiger partial charge in [-0.2, -0.15) is 0 Å². The lowest BCUT2D eigenvalue weighted by atomic mass is 10.0. The third-order valence-corrected chi connectivity index (χ3v) is 5.00. The first kappa shape index (κ1) is 26.3. The molecule has 0 aliphatic carbocycles. The predicted molar refractivity (Wildman–Crippen MR) is 123 cm³/mol. The van der Waals surface area contributed by atoms with Crippen molar-refractivity contribution in [3.05, 3.63) is 57.6 Å². The average molecular weight is 478 g/mol. The van der Waals surface area contributed by atoms with Crippen LogP contribution < -0.4 is 10.6 Å². The lowest BCUT2D eigenvalue weighted by Crippen LogP contribution is -2.33. The fraction of sp³-hybridized carbons (Fsp3) is 0.381. The molecule has 4 N–H and O–H groups in total. The fourth-order valence-corrected chi connectivity index (χ4v) is 3.49. The number of esters is 1. The third-order valence-electron chi connectivity index (χ3n) is 4.40. The molecular weight excluding hydrogens is 451 g/mol. The highest BCUT2D eigenvalue weighted by Crippen LogP contribution is 2.32. The van der Waals surface area contributed by atoms with Gasteiger partial charge in [-0.1, -0.05) is 35.3 Å². The van der Waals surface area contributed by atoms with Crippen LogP contribution in [0.1, 0.15) is 31.1 Å². The molecule has 0 amide bonds. The van der Waals surface area contributed by atoms with Crippen molar-refractivity contribution in [3.8, 4) is 5.75 Å². The Hall–Kier alpha value is -1.70. The number of phenolic OH excluding ortho intramolecular Hbond substituents is 1. The Balaban J connectivity index is 0.00000450. The number of aliphatic hydroxyl groups excluding tert-OH is 1. The molecule has 2 atom stereocenters. The lowest BCUT2D eigenvalue weighted by molar-refractivity contribution is -0.140. The van der Waals surface area contributed by atoms with E-state index in [2.05, 4.69) is 10.6 Å². The molecule has 6 nitrogen and oxygen atoms in total. The molecule has 2 aromatic rings. The molecule has 0 radical (unpaired) electrons. The van der Waals surface area contributed by atoms with E-state index in [0.717, 1.165) is 11.1 Å². The SMILES string of the molecule is CCOC(=O)CNc1c(Cl)cc(CCN[C@@H](C)[C@H](O)c2ccc(O)cc2)cc1Cl.Cl. The van der Waals surface area contributed by atoms with Gasteiger partial charge in [-0.15, -0.1) is 12.4 Å². The maximum atomic E-state index is 11.5. The Kier molecular flexibility index (Phi) is 11.3. The summed E-state index contributed by atoms with van der Waals surface area (Å²) in [4.78, 5) is 11.5. The average Bonchev–Trinajstić information content (AvgIpc) is 2.67. The Labute approximate surface area is 192 Å². The number of nitrogens with one attached hydrogen (secondary N) is 2. The highest BCUT2D eigenvalue weighted by atomic mass is 35.5. The highest BCUT2D eigenvalue weighted by molar-refractivity contribution is 6.39. The number of ether oxygens (including phenoxy) is 1. The highest BCUT2D eigenvalue weighted by Gasteiger charge is 2.16. The van der Waals surface area contributed by atoms with E-state index in [1.165, 1.54) is 0 Å². The summed E-state index contributed by atoms with van der Waals surface area (Å²) in [5.74, 6) is -0.218. The molecule has 0 unspecified atom stereocenters. The van der Waals surface area contributed by atoms with Gasteiger partial charge in [0, 0.05) is 6.04 Å². The quantitative estimate of drug-likeness (QED) is 0.380. The summed E-state index contributed by atoms with van der Waals surface area (Å²) in [6.07, 6.45) is -0.0400. The van der Waals surface area contributed by atoms with E-state index >= 15 is 0 Å². The van der Waals surface area contributed by atoms with Crippen molar-refractivity contribution < 1.29 is 19.7 Å². The van der Waals surface area contributed by atoms with Gasteiger partial charge in [-0.05, 0) is 62.2 Å². The molecule has 0 aromatic heterocycles. The maximum Gasteiger partial charge on any atom is 0.325 e. The second-order valence-corrected chi connectivity index (χ2v) is 7.44. The zero-order valence-corrected chi connectivity index (χ0v) is 19.2. The topological polar surface area (TPSA) is 90.8 Å². The molecular formula is C21H27Cl3N2O4. The summed E-state index contributed by atoms with van der Waals surface area (Å²) in [7, 11) is 0. The van der Waals surface area contributed by atoms with E-state index in [0.29, 0.717) is 35.3 Å². The number of rotatable bonds is 10. The summed E-state index contributed by atoms with van der Waals surface area (Å²) in [6, 6.07) is 9.89. The Morgan fingerprint density at radius 1 is 1.17 bits per heavy atom. The molecule has 0 aliphatic heterocycles. The maximum absolute atomic E-state index is 11.5. The largest absolute Gasteiger partial charge is 0.508 e. The number of hydrogen-bond acceptors (Lipinski definition) is 6. The third kappa shape index (κ3) is 7.85. The second kappa shape index (κ2) is 12.9. The number of aromatic hydroxyl groups is 1. The lowest BCUT2D eigenvalue weighted by Gasteiger charge is -2.21. The fourth-order valence-electron chi connectivity index (χ4n) is 2.83. The summed E-state index contributed by atoms with van der Waals surface area (Å²) in [5, 5.41) is 26.8. The zero-order chi connectivity index (χ0) is 21.4. The number of carbonyl (C=O) groups is 1. The molecule has 0 fully saturated rings. The molecule has 166 valence electrons. The first-order chi connectivity index (χ1) is 13.8. The van der Waals surface area contributed by atoms with E-state index in [4.69, 9.17) is 27.9 Å². The van der Waals surface area contributed by atoms with Crippen LogP contribution in [0.15, 0.2) is 36.4 Å². The minimum absolute atomic E-state index is 0. The molecule has 2 aromatic carbocycles. The van der Waals surface area contributed by atoms with Crippen LogP contribution in [-0.4, -0.2) is 41.9 Å². The zero-order valence-electron chi connectivity index (χ0n) is 16.8. The van der Waals surface area contributed by atoms with Crippen LogP contribution in [0, 0.1) is 0 Å². The number of hydrogen-bond donors (Lipinski definition) is 4. The number of aliphatic hydroxyl groups is 1. The number of halogens is 3. The first-order valence-corrected chi connectivity index (χ1v) is 10.1. The molecule has 9 heteroatoms. The van der Waals surface area contributed by atoms with Gasteiger partial charge in [0.2, 0.25) is 0 Å². The monoisotopic (exact) mass is 476 g/mol. The minimum Gasteiger partial charge on any atom is -0.508 e. The van der Waals surface area contributed by atoms with Gasteiger partial charge in [0.1, 0.15) is 12.3 Å².